The summed E-state index contributed by atoms with van der Waals surface area (Å²) in [6, 6.07) is 25.1. The molecule has 1 aliphatic rings. The van der Waals surface area contributed by atoms with E-state index >= 15 is 0 Å². The third-order valence-corrected chi connectivity index (χ3v) is 7.02. The molecule has 0 atom stereocenters. The monoisotopic (exact) mass is 498 g/mol. The maximum Gasteiger partial charge on any atom is 0.256 e. The second-order valence-corrected chi connectivity index (χ2v) is 9.43. The second-order valence-electron chi connectivity index (χ2n) is 8.45. The van der Waals surface area contributed by atoms with Crippen molar-refractivity contribution in [2.24, 2.45) is 0 Å². The molecule has 0 unspecified atom stereocenters. The summed E-state index contributed by atoms with van der Waals surface area (Å²) in [5, 5.41) is 10.6. The summed E-state index contributed by atoms with van der Waals surface area (Å²) in [4.78, 5) is 25.8. The zero-order valence-corrected chi connectivity index (χ0v) is 20.7. The van der Waals surface area contributed by atoms with Gasteiger partial charge in [0.05, 0.1) is 12.8 Å². The highest BCUT2D eigenvalue weighted by molar-refractivity contribution is 7.98. The highest BCUT2D eigenvalue weighted by atomic mass is 32.2. The first kappa shape index (κ1) is 23.7. The van der Waals surface area contributed by atoms with E-state index in [0.717, 1.165) is 45.2 Å². The van der Waals surface area contributed by atoms with E-state index in [2.05, 4.69) is 15.7 Å². The molecule has 36 heavy (non-hydrogen) atoms. The number of anilines is 1. The van der Waals surface area contributed by atoms with Crippen LogP contribution in [0.3, 0.4) is 0 Å². The minimum Gasteiger partial charge on any atom is -0.497 e. The molecule has 0 fully saturated rings. The van der Waals surface area contributed by atoms with Gasteiger partial charge in [0, 0.05) is 29.2 Å². The molecule has 0 radical (unpaired) electrons. The van der Waals surface area contributed by atoms with Crippen LogP contribution in [0.25, 0.3) is 11.1 Å². The highest BCUT2D eigenvalue weighted by Crippen LogP contribution is 2.35. The first-order valence-electron chi connectivity index (χ1n) is 11.6. The lowest BCUT2D eigenvalue weighted by atomic mass is 10.0. The number of ether oxygens (including phenoxy) is 1. The van der Waals surface area contributed by atoms with Crippen LogP contribution in [0.15, 0.2) is 78.9 Å². The number of hydrogen-bond acceptors (Lipinski definition) is 5. The Hall–Kier alpha value is -4.04. The molecule has 0 saturated heterocycles. The van der Waals surface area contributed by atoms with Crippen molar-refractivity contribution in [3.8, 4) is 16.9 Å². The van der Waals surface area contributed by atoms with Gasteiger partial charge in [-0.05, 0) is 41.0 Å². The number of benzene rings is 3. The third-order valence-electron chi connectivity index (χ3n) is 6.05. The van der Waals surface area contributed by atoms with Crippen LogP contribution in [0.2, 0.25) is 0 Å². The van der Waals surface area contributed by atoms with Crippen molar-refractivity contribution in [1.29, 1.82) is 0 Å². The summed E-state index contributed by atoms with van der Waals surface area (Å²) in [6.07, 6.45) is 0. The Morgan fingerprint density at radius 1 is 0.944 bits per heavy atom. The van der Waals surface area contributed by atoms with Crippen molar-refractivity contribution in [2.45, 2.75) is 24.6 Å². The van der Waals surface area contributed by atoms with Crippen molar-refractivity contribution >= 4 is 29.4 Å². The van der Waals surface area contributed by atoms with Gasteiger partial charge in [-0.2, -0.15) is 16.9 Å². The molecule has 2 amide bonds. The summed E-state index contributed by atoms with van der Waals surface area (Å²) < 4.78 is 6.77. The van der Waals surface area contributed by atoms with Gasteiger partial charge < -0.3 is 15.4 Å². The highest BCUT2D eigenvalue weighted by Gasteiger charge is 2.25. The second kappa shape index (κ2) is 10.7. The van der Waals surface area contributed by atoms with Crippen LogP contribution in [0.5, 0.6) is 5.75 Å². The van der Waals surface area contributed by atoms with Gasteiger partial charge in [-0.1, -0.05) is 54.6 Å². The zero-order valence-electron chi connectivity index (χ0n) is 19.9. The summed E-state index contributed by atoms with van der Waals surface area (Å²) in [7, 11) is 1.62. The van der Waals surface area contributed by atoms with E-state index < -0.39 is 0 Å². The average molecular weight is 499 g/mol. The number of thioether (sulfide) groups is 1. The zero-order chi connectivity index (χ0) is 24.9. The molecule has 3 aromatic carbocycles. The predicted octanol–water partition coefficient (Wildman–Crippen LogP) is 4.87. The van der Waals surface area contributed by atoms with E-state index in [1.807, 2.05) is 78.9 Å². The molecule has 0 bridgehead atoms. The number of carbonyl (C=O) groups is 2. The summed E-state index contributed by atoms with van der Waals surface area (Å²) in [6.45, 7) is 0.422. The van der Waals surface area contributed by atoms with Gasteiger partial charge >= 0.3 is 0 Å². The molecule has 0 spiro atoms. The lowest BCUT2D eigenvalue weighted by molar-refractivity contribution is -0.122. The van der Waals surface area contributed by atoms with Gasteiger partial charge in [-0.3, -0.25) is 9.59 Å². The lowest BCUT2D eigenvalue weighted by Gasteiger charge is -2.12. The van der Waals surface area contributed by atoms with Crippen LogP contribution in [-0.4, -0.2) is 28.7 Å². The molecule has 2 N–H and O–H groups in total. The standard InChI is InChI=1S/C28H26N4O3S/c1-35-23-13-7-19(8-14-23)15-29-26(33)16-32-27(24-17-36-18-25(24)31-32)30-28(34)22-11-9-21(10-12-22)20-5-3-2-4-6-20/h2-14H,15-18H2,1H3,(H,29,33)(H,30,34). The summed E-state index contributed by atoms with van der Waals surface area (Å²) in [5.74, 6) is 2.47. The first-order valence-corrected chi connectivity index (χ1v) is 12.8. The molecule has 1 aliphatic heterocycles. The van der Waals surface area contributed by atoms with Gasteiger partial charge in [0.15, 0.2) is 0 Å². The maximum absolute atomic E-state index is 13.1. The maximum atomic E-state index is 13.1. The van der Waals surface area contributed by atoms with Crippen LogP contribution in [0, 0.1) is 0 Å². The number of hydrogen-bond donors (Lipinski definition) is 2. The number of amides is 2. The van der Waals surface area contributed by atoms with Crippen molar-refractivity contribution in [1.82, 2.24) is 15.1 Å². The van der Waals surface area contributed by atoms with E-state index in [1.165, 1.54) is 0 Å². The molecular formula is C28H26N4O3S. The Labute approximate surface area is 213 Å². The normalized spacial score (nSPS) is 12.1. The Balaban J connectivity index is 1.27. The number of nitrogens with one attached hydrogen (secondary N) is 2. The number of carbonyl (C=O) groups excluding carboxylic acids is 2. The van der Waals surface area contributed by atoms with Crippen LogP contribution in [0.4, 0.5) is 5.82 Å². The van der Waals surface area contributed by atoms with Crippen molar-refractivity contribution in [2.75, 3.05) is 12.4 Å². The predicted molar refractivity (Wildman–Crippen MR) is 142 cm³/mol. The Bertz CT molecular complexity index is 1370. The van der Waals surface area contributed by atoms with Gasteiger partial charge in [-0.25, -0.2) is 4.68 Å². The van der Waals surface area contributed by atoms with Crippen LogP contribution in [0.1, 0.15) is 27.2 Å². The van der Waals surface area contributed by atoms with E-state index in [0.29, 0.717) is 17.9 Å². The minimum absolute atomic E-state index is 0.0242. The quantitative estimate of drug-likeness (QED) is 0.362. The summed E-state index contributed by atoms with van der Waals surface area (Å²) >= 11 is 1.75. The topological polar surface area (TPSA) is 85.2 Å². The van der Waals surface area contributed by atoms with E-state index in [-0.39, 0.29) is 18.4 Å². The van der Waals surface area contributed by atoms with E-state index in [4.69, 9.17) is 4.74 Å². The van der Waals surface area contributed by atoms with Crippen LogP contribution < -0.4 is 15.4 Å². The average Bonchev–Trinajstić information content (AvgIpc) is 3.50. The number of rotatable bonds is 8. The number of nitrogens with zero attached hydrogens (tertiary/aromatic N) is 2. The molecule has 7 nitrogen and oxygen atoms in total. The Morgan fingerprint density at radius 2 is 1.67 bits per heavy atom. The first-order chi connectivity index (χ1) is 17.6. The fraction of sp³-hybridized carbons (Fsp3) is 0.179. The van der Waals surface area contributed by atoms with E-state index in [1.54, 1.807) is 23.6 Å². The number of aromatic nitrogens is 2. The van der Waals surface area contributed by atoms with Crippen LogP contribution in [-0.2, 0) is 29.4 Å². The largest absolute Gasteiger partial charge is 0.497 e. The smallest absolute Gasteiger partial charge is 0.256 e. The Kier molecular flexibility index (Phi) is 7.04. The molecule has 4 aromatic rings. The summed E-state index contributed by atoms with van der Waals surface area (Å²) in [5.41, 5.74) is 5.55. The fourth-order valence-corrected chi connectivity index (χ4v) is 5.12. The molecule has 0 aliphatic carbocycles. The molecule has 5 rings (SSSR count). The minimum atomic E-state index is -0.228. The third kappa shape index (κ3) is 5.28. The number of fused-ring (bicyclic) bond motifs is 1. The molecule has 1 aromatic heterocycles. The van der Waals surface area contributed by atoms with Gasteiger partial charge in [0.25, 0.3) is 5.91 Å². The van der Waals surface area contributed by atoms with Crippen molar-refractivity contribution < 1.29 is 14.3 Å². The van der Waals surface area contributed by atoms with E-state index in [9.17, 15) is 9.59 Å². The van der Waals surface area contributed by atoms with Gasteiger partial charge in [-0.15, -0.1) is 0 Å². The molecule has 8 heteroatoms. The molecule has 0 saturated carbocycles. The van der Waals surface area contributed by atoms with Gasteiger partial charge in [0.1, 0.15) is 18.1 Å². The SMILES string of the molecule is COc1ccc(CNC(=O)Cn2nc3c(c2NC(=O)c2ccc(-c4ccccc4)cc2)CSC3)cc1. The fourth-order valence-electron chi connectivity index (χ4n) is 4.08. The molecule has 2 heterocycles. The van der Waals surface area contributed by atoms with Crippen molar-refractivity contribution in [3.05, 3.63) is 101 Å². The number of methoxy groups -OCH3 is 1. The molecule has 182 valence electrons. The van der Waals surface area contributed by atoms with Gasteiger partial charge in [0.2, 0.25) is 5.91 Å². The van der Waals surface area contributed by atoms with Crippen molar-refractivity contribution in [3.63, 3.8) is 0 Å². The van der Waals surface area contributed by atoms with Crippen LogP contribution >= 0.6 is 11.8 Å². The Morgan fingerprint density at radius 3 is 2.39 bits per heavy atom. The molecular weight excluding hydrogens is 472 g/mol. The lowest BCUT2D eigenvalue weighted by Crippen LogP contribution is -2.28.